The molecule has 0 radical (unpaired) electrons. The summed E-state index contributed by atoms with van der Waals surface area (Å²) in [6.45, 7) is 4.30. The van der Waals surface area contributed by atoms with E-state index in [9.17, 15) is 5.11 Å². The van der Waals surface area contributed by atoms with Crippen molar-refractivity contribution in [1.82, 2.24) is 5.32 Å². The Morgan fingerprint density at radius 2 is 2.00 bits per heavy atom. The number of phenols is 1. The predicted octanol–water partition coefficient (Wildman–Crippen LogP) is 2.20. The van der Waals surface area contributed by atoms with Crippen molar-refractivity contribution in [2.75, 3.05) is 6.61 Å². The summed E-state index contributed by atoms with van der Waals surface area (Å²) in [5, 5.41) is 22.0. The normalized spacial score (nSPS) is 14.7. The van der Waals surface area contributed by atoms with Gasteiger partial charge >= 0.3 is 0 Å². The van der Waals surface area contributed by atoms with Gasteiger partial charge in [0.25, 0.3) is 0 Å². The molecular formula is C13H21NO2. The molecule has 0 saturated carbocycles. The fourth-order valence-electron chi connectivity index (χ4n) is 1.86. The Hall–Kier alpha value is -1.06. The molecule has 90 valence electrons. The smallest absolute Gasteiger partial charge is 0.120 e. The van der Waals surface area contributed by atoms with Crippen LogP contribution in [0.3, 0.4) is 0 Å². The Labute approximate surface area is 97.1 Å². The molecule has 1 aromatic carbocycles. The van der Waals surface area contributed by atoms with Crippen LogP contribution < -0.4 is 5.32 Å². The van der Waals surface area contributed by atoms with Crippen molar-refractivity contribution in [3.05, 3.63) is 29.8 Å². The van der Waals surface area contributed by atoms with Gasteiger partial charge in [-0.2, -0.15) is 0 Å². The van der Waals surface area contributed by atoms with Crippen LogP contribution in [0, 0.1) is 0 Å². The number of aromatic hydroxyl groups is 1. The van der Waals surface area contributed by atoms with Crippen LogP contribution in [0.1, 0.15) is 38.3 Å². The Morgan fingerprint density at radius 3 is 2.56 bits per heavy atom. The van der Waals surface area contributed by atoms with Gasteiger partial charge in [-0.1, -0.05) is 25.1 Å². The quantitative estimate of drug-likeness (QED) is 0.693. The van der Waals surface area contributed by atoms with Crippen molar-refractivity contribution < 1.29 is 10.2 Å². The van der Waals surface area contributed by atoms with Gasteiger partial charge in [0.1, 0.15) is 5.75 Å². The van der Waals surface area contributed by atoms with Crippen LogP contribution >= 0.6 is 0 Å². The summed E-state index contributed by atoms with van der Waals surface area (Å²) in [5.41, 5.74) is 0.902. The van der Waals surface area contributed by atoms with Gasteiger partial charge in [0, 0.05) is 24.3 Å². The van der Waals surface area contributed by atoms with Crippen LogP contribution in [0.25, 0.3) is 0 Å². The molecule has 3 N–H and O–H groups in total. The van der Waals surface area contributed by atoms with Gasteiger partial charge in [-0.05, 0) is 25.8 Å². The number of aliphatic hydroxyl groups is 1. The third kappa shape index (κ3) is 3.51. The first kappa shape index (κ1) is 13.0. The molecule has 0 fully saturated rings. The van der Waals surface area contributed by atoms with E-state index in [4.69, 9.17) is 5.11 Å². The predicted molar refractivity (Wildman–Crippen MR) is 65.4 cm³/mol. The highest BCUT2D eigenvalue weighted by molar-refractivity contribution is 5.34. The third-order valence-corrected chi connectivity index (χ3v) is 2.86. The lowest BCUT2D eigenvalue weighted by molar-refractivity contribution is 0.256. The van der Waals surface area contributed by atoms with Crippen molar-refractivity contribution in [3.63, 3.8) is 0 Å². The van der Waals surface area contributed by atoms with Gasteiger partial charge in [0.2, 0.25) is 0 Å². The average Bonchev–Trinajstić information content (AvgIpc) is 2.28. The molecule has 1 rings (SSSR count). The number of para-hydroxylation sites is 1. The van der Waals surface area contributed by atoms with E-state index in [1.54, 1.807) is 6.07 Å². The molecule has 1 aromatic rings. The minimum atomic E-state index is 0.0951. The SMILES string of the molecule is CCC(CCO)NC(C)c1ccccc1O. The first-order valence-corrected chi connectivity index (χ1v) is 5.83. The van der Waals surface area contributed by atoms with Gasteiger partial charge in [0.15, 0.2) is 0 Å². The molecule has 16 heavy (non-hydrogen) atoms. The number of nitrogens with one attached hydrogen (secondary N) is 1. The van der Waals surface area contributed by atoms with Gasteiger partial charge in [-0.25, -0.2) is 0 Å². The van der Waals surface area contributed by atoms with E-state index in [1.165, 1.54) is 0 Å². The highest BCUT2D eigenvalue weighted by Gasteiger charge is 2.13. The number of hydrogen-bond acceptors (Lipinski definition) is 3. The summed E-state index contributed by atoms with van der Waals surface area (Å²) in [5.74, 6) is 0.321. The number of hydrogen-bond donors (Lipinski definition) is 3. The summed E-state index contributed by atoms with van der Waals surface area (Å²) >= 11 is 0. The van der Waals surface area contributed by atoms with E-state index in [-0.39, 0.29) is 12.6 Å². The van der Waals surface area contributed by atoms with E-state index < -0.39 is 0 Å². The Kier molecular flexibility index (Phi) is 5.29. The maximum absolute atomic E-state index is 9.71. The Balaban J connectivity index is 2.64. The summed E-state index contributed by atoms with van der Waals surface area (Å²) in [6, 6.07) is 7.73. The lowest BCUT2D eigenvalue weighted by atomic mass is 10.0. The zero-order valence-electron chi connectivity index (χ0n) is 9.98. The number of phenolic OH excluding ortho intramolecular Hbond substituents is 1. The summed E-state index contributed by atoms with van der Waals surface area (Å²) in [7, 11) is 0. The standard InChI is InChI=1S/C13H21NO2/c1-3-11(8-9-15)14-10(2)12-6-4-5-7-13(12)16/h4-7,10-11,14-16H,3,8-9H2,1-2H3. The van der Waals surface area contributed by atoms with E-state index >= 15 is 0 Å². The first-order valence-electron chi connectivity index (χ1n) is 5.83. The maximum atomic E-state index is 9.71. The van der Waals surface area contributed by atoms with Crippen molar-refractivity contribution in [3.8, 4) is 5.75 Å². The molecule has 0 aromatic heterocycles. The highest BCUT2D eigenvalue weighted by atomic mass is 16.3. The Bertz CT molecular complexity index is 315. The molecule has 0 aliphatic carbocycles. The third-order valence-electron chi connectivity index (χ3n) is 2.86. The van der Waals surface area contributed by atoms with Crippen LogP contribution in [0.5, 0.6) is 5.75 Å². The van der Waals surface area contributed by atoms with Crippen molar-refractivity contribution in [1.29, 1.82) is 0 Å². The maximum Gasteiger partial charge on any atom is 0.120 e. The van der Waals surface area contributed by atoms with Gasteiger partial charge in [-0.15, -0.1) is 0 Å². The Morgan fingerprint density at radius 1 is 1.31 bits per heavy atom. The summed E-state index contributed by atoms with van der Waals surface area (Å²) in [6.07, 6.45) is 1.72. The lowest BCUT2D eigenvalue weighted by Gasteiger charge is -2.22. The molecule has 0 aliphatic heterocycles. The molecular weight excluding hydrogens is 202 g/mol. The molecule has 0 aliphatic rings. The molecule has 3 nitrogen and oxygen atoms in total. The monoisotopic (exact) mass is 223 g/mol. The fourth-order valence-corrected chi connectivity index (χ4v) is 1.86. The van der Waals surface area contributed by atoms with E-state index in [0.29, 0.717) is 11.8 Å². The molecule has 0 heterocycles. The number of aliphatic hydroxyl groups excluding tert-OH is 1. The van der Waals surface area contributed by atoms with Crippen LogP contribution in [0.15, 0.2) is 24.3 Å². The second kappa shape index (κ2) is 6.51. The van der Waals surface area contributed by atoms with Crippen LogP contribution in [-0.2, 0) is 0 Å². The van der Waals surface area contributed by atoms with Crippen LogP contribution in [-0.4, -0.2) is 22.9 Å². The molecule has 0 amide bonds. The van der Waals surface area contributed by atoms with Gasteiger partial charge in [-0.3, -0.25) is 0 Å². The van der Waals surface area contributed by atoms with Gasteiger partial charge < -0.3 is 15.5 Å². The second-order valence-corrected chi connectivity index (χ2v) is 4.06. The largest absolute Gasteiger partial charge is 0.508 e. The number of rotatable bonds is 6. The fraction of sp³-hybridized carbons (Fsp3) is 0.538. The number of benzene rings is 1. The van der Waals surface area contributed by atoms with Crippen LogP contribution in [0.4, 0.5) is 0 Å². The van der Waals surface area contributed by atoms with E-state index in [0.717, 1.165) is 18.4 Å². The van der Waals surface area contributed by atoms with Crippen LogP contribution in [0.2, 0.25) is 0 Å². The minimum absolute atomic E-state index is 0.0951. The molecule has 2 unspecified atom stereocenters. The zero-order chi connectivity index (χ0) is 12.0. The van der Waals surface area contributed by atoms with Gasteiger partial charge in [0.05, 0.1) is 0 Å². The van der Waals surface area contributed by atoms with Crippen molar-refractivity contribution in [2.45, 2.75) is 38.8 Å². The zero-order valence-corrected chi connectivity index (χ0v) is 9.98. The second-order valence-electron chi connectivity index (χ2n) is 4.06. The molecule has 0 bridgehead atoms. The molecule has 2 atom stereocenters. The topological polar surface area (TPSA) is 52.5 Å². The molecule has 0 saturated heterocycles. The van der Waals surface area contributed by atoms with E-state index in [1.807, 2.05) is 25.1 Å². The molecule has 0 spiro atoms. The highest BCUT2D eigenvalue weighted by Crippen LogP contribution is 2.23. The van der Waals surface area contributed by atoms with Crippen molar-refractivity contribution >= 4 is 0 Å². The summed E-state index contributed by atoms with van der Waals surface area (Å²) in [4.78, 5) is 0. The summed E-state index contributed by atoms with van der Waals surface area (Å²) < 4.78 is 0. The van der Waals surface area contributed by atoms with Crippen molar-refractivity contribution in [2.24, 2.45) is 0 Å². The average molecular weight is 223 g/mol. The lowest BCUT2D eigenvalue weighted by Crippen LogP contribution is -2.31. The first-order chi connectivity index (χ1) is 7.69. The van der Waals surface area contributed by atoms with E-state index in [2.05, 4.69) is 12.2 Å². The minimum Gasteiger partial charge on any atom is -0.508 e. The molecule has 3 heteroatoms.